The number of carbonyl (C=O) groups is 1. The molecule has 0 aromatic heterocycles. The molecule has 0 aliphatic heterocycles. The van der Waals surface area contributed by atoms with Crippen LogP contribution in [0.4, 0.5) is 0 Å². The van der Waals surface area contributed by atoms with Crippen molar-refractivity contribution in [2.24, 2.45) is 0 Å². The van der Waals surface area contributed by atoms with E-state index in [1.165, 1.54) is 11.8 Å². The molecule has 0 amide bonds. The van der Waals surface area contributed by atoms with Crippen LogP contribution >= 0.6 is 35.0 Å². The average Bonchev–Trinajstić information content (AvgIpc) is 2.23. The van der Waals surface area contributed by atoms with E-state index in [4.69, 9.17) is 27.9 Å². The minimum absolute atomic E-state index is 0.196. The summed E-state index contributed by atoms with van der Waals surface area (Å²) in [6, 6.07) is 5.35. The molecule has 0 radical (unpaired) electrons. The van der Waals surface area contributed by atoms with Gasteiger partial charge in [-0.2, -0.15) is 0 Å². The second kappa shape index (κ2) is 7.05. The van der Waals surface area contributed by atoms with Crippen molar-refractivity contribution in [3.63, 3.8) is 0 Å². The summed E-state index contributed by atoms with van der Waals surface area (Å²) in [5.74, 6) is 0.417. The van der Waals surface area contributed by atoms with Crippen molar-refractivity contribution < 1.29 is 9.53 Å². The fraction of sp³-hybridized carbons (Fsp3) is 0.364. The number of rotatable bonds is 5. The Hall–Kier alpha value is -0.380. The molecular formula is C11H12Cl2O2S. The summed E-state index contributed by atoms with van der Waals surface area (Å²) in [5, 5.41) is 1.22. The summed E-state index contributed by atoms with van der Waals surface area (Å²) in [7, 11) is 0. The summed E-state index contributed by atoms with van der Waals surface area (Å²) in [6.45, 7) is 2.20. The minimum Gasteiger partial charge on any atom is -0.466 e. The van der Waals surface area contributed by atoms with E-state index in [-0.39, 0.29) is 5.97 Å². The molecule has 0 atom stereocenters. The van der Waals surface area contributed by atoms with Crippen LogP contribution in [0.3, 0.4) is 0 Å². The number of thioether (sulfide) groups is 1. The number of hydrogen-bond acceptors (Lipinski definition) is 3. The molecule has 0 unspecified atom stereocenters. The van der Waals surface area contributed by atoms with Crippen LogP contribution in [-0.4, -0.2) is 18.3 Å². The molecule has 0 aliphatic carbocycles. The SMILES string of the molecule is CCOC(=O)CCSc1c(Cl)cccc1Cl. The topological polar surface area (TPSA) is 26.3 Å². The van der Waals surface area contributed by atoms with Crippen LogP contribution in [0, 0.1) is 0 Å². The molecule has 1 aromatic rings. The van der Waals surface area contributed by atoms with E-state index in [1.807, 2.05) is 0 Å². The first kappa shape index (κ1) is 13.7. The van der Waals surface area contributed by atoms with Gasteiger partial charge in [-0.3, -0.25) is 4.79 Å². The highest BCUT2D eigenvalue weighted by Crippen LogP contribution is 2.34. The number of halogens is 2. The van der Waals surface area contributed by atoms with Crippen molar-refractivity contribution >= 4 is 40.9 Å². The molecule has 16 heavy (non-hydrogen) atoms. The maximum atomic E-state index is 11.1. The lowest BCUT2D eigenvalue weighted by molar-refractivity contribution is -0.142. The fourth-order valence-electron chi connectivity index (χ4n) is 1.09. The van der Waals surface area contributed by atoms with Gasteiger partial charge in [-0.25, -0.2) is 0 Å². The van der Waals surface area contributed by atoms with Gasteiger partial charge in [-0.15, -0.1) is 11.8 Å². The Labute approximate surface area is 109 Å². The van der Waals surface area contributed by atoms with Gasteiger partial charge in [-0.05, 0) is 19.1 Å². The largest absolute Gasteiger partial charge is 0.466 e. The number of benzene rings is 1. The van der Waals surface area contributed by atoms with Crippen molar-refractivity contribution in [2.75, 3.05) is 12.4 Å². The molecule has 0 heterocycles. The van der Waals surface area contributed by atoms with E-state index in [9.17, 15) is 4.79 Å². The van der Waals surface area contributed by atoms with Gasteiger partial charge >= 0.3 is 5.97 Å². The number of esters is 1. The van der Waals surface area contributed by atoms with Crippen LogP contribution in [0.15, 0.2) is 23.1 Å². The molecule has 0 N–H and O–H groups in total. The second-order valence-electron chi connectivity index (χ2n) is 2.95. The van der Waals surface area contributed by atoms with Crippen LogP contribution in [0.2, 0.25) is 10.0 Å². The molecule has 1 aromatic carbocycles. The van der Waals surface area contributed by atoms with Crippen molar-refractivity contribution in [1.82, 2.24) is 0 Å². The van der Waals surface area contributed by atoms with Crippen LogP contribution in [0.5, 0.6) is 0 Å². The minimum atomic E-state index is -0.196. The van der Waals surface area contributed by atoms with Crippen molar-refractivity contribution in [2.45, 2.75) is 18.2 Å². The van der Waals surface area contributed by atoms with Gasteiger partial charge in [0, 0.05) is 10.6 Å². The van der Waals surface area contributed by atoms with Crippen molar-refractivity contribution in [1.29, 1.82) is 0 Å². The highest BCUT2D eigenvalue weighted by Gasteiger charge is 2.07. The molecule has 2 nitrogen and oxygen atoms in total. The Morgan fingerprint density at radius 3 is 2.56 bits per heavy atom. The Bertz CT molecular complexity index is 349. The van der Waals surface area contributed by atoms with E-state index in [0.717, 1.165) is 4.90 Å². The van der Waals surface area contributed by atoms with E-state index in [1.54, 1.807) is 25.1 Å². The molecule has 5 heteroatoms. The highest BCUT2D eigenvalue weighted by atomic mass is 35.5. The zero-order valence-corrected chi connectivity index (χ0v) is 11.2. The molecule has 1 rings (SSSR count). The lowest BCUT2D eigenvalue weighted by Gasteiger charge is -2.06. The molecule has 0 saturated carbocycles. The predicted molar refractivity (Wildman–Crippen MR) is 68.4 cm³/mol. The number of ether oxygens (including phenoxy) is 1. The molecular weight excluding hydrogens is 267 g/mol. The summed E-state index contributed by atoms with van der Waals surface area (Å²) in [6.07, 6.45) is 0.361. The van der Waals surface area contributed by atoms with Gasteiger partial charge in [0.15, 0.2) is 0 Å². The van der Waals surface area contributed by atoms with E-state index < -0.39 is 0 Å². The Morgan fingerprint density at radius 1 is 1.38 bits per heavy atom. The first-order valence-corrected chi connectivity index (χ1v) is 6.61. The normalized spacial score (nSPS) is 10.2. The zero-order valence-electron chi connectivity index (χ0n) is 8.83. The summed E-state index contributed by atoms with van der Waals surface area (Å²) >= 11 is 13.4. The monoisotopic (exact) mass is 278 g/mol. The fourth-order valence-corrected chi connectivity index (χ4v) is 2.70. The van der Waals surface area contributed by atoms with Gasteiger partial charge in [-0.1, -0.05) is 29.3 Å². The predicted octanol–water partition coefficient (Wildman–Crippen LogP) is 4.04. The molecule has 0 aliphatic rings. The maximum Gasteiger partial charge on any atom is 0.306 e. The van der Waals surface area contributed by atoms with Crippen molar-refractivity contribution in [3.8, 4) is 0 Å². The van der Waals surface area contributed by atoms with E-state index >= 15 is 0 Å². The third kappa shape index (κ3) is 4.24. The van der Waals surface area contributed by atoms with Gasteiger partial charge in [0.05, 0.1) is 23.1 Å². The quantitative estimate of drug-likeness (QED) is 0.601. The van der Waals surface area contributed by atoms with E-state index in [0.29, 0.717) is 28.8 Å². The molecule has 88 valence electrons. The first-order chi connectivity index (χ1) is 7.65. The maximum absolute atomic E-state index is 11.1. The van der Waals surface area contributed by atoms with Gasteiger partial charge in [0.25, 0.3) is 0 Å². The van der Waals surface area contributed by atoms with Gasteiger partial charge in [0.2, 0.25) is 0 Å². The lowest BCUT2D eigenvalue weighted by Crippen LogP contribution is -2.04. The average molecular weight is 279 g/mol. The Morgan fingerprint density at radius 2 is 2.00 bits per heavy atom. The number of carbonyl (C=O) groups excluding carboxylic acids is 1. The smallest absolute Gasteiger partial charge is 0.306 e. The summed E-state index contributed by atoms with van der Waals surface area (Å²) < 4.78 is 4.82. The van der Waals surface area contributed by atoms with Crippen LogP contribution in [0.25, 0.3) is 0 Å². The van der Waals surface area contributed by atoms with Gasteiger partial charge in [0.1, 0.15) is 0 Å². The third-order valence-corrected chi connectivity index (χ3v) is 3.77. The second-order valence-corrected chi connectivity index (χ2v) is 4.87. The van der Waals surface area contributed by atoms with Gasteiger partial charge < -0.3 is 4.74 Å². The number of hydrogen-bond donors (Lipinski definition) is 0. The third-order valence-electron chi connectivity index (χ3n) is 1.78. The van der Waals surface area contributed by atoms with Crippen LogP contribution in [-0.2, 0) is 9.53 Å². The standard InChI is InChI=1S/C11H12Cl2O2S/c1-2-15-10(14)6-7-16-11-8(12)4-3-5-9(11)13/h3-5H,2,6-7H2,1H3. The molecule has 0 spiro atoms. The molecule has 0 fully saturated rings. The van der Waals surface area contributed by atoms with Crippen LogP contribution in [0.1, 0.15) is 13.3 Å². The Balaban J connectivity index is 2.46. The summed E-state index contributed by atoms with van der Waals surface area (Å²) in [5.41, 5.74) is 0. The van der Waals surface area contributed by atoms with Crippen molar-refractivity contribution in [3.05, 3.63) is 28.2 Å². The lowest BCUT2D eigenvalue weighted by atomic mass is 10.4. The Kier molecular flexibility index (Phi) is 6.03. The highest BCUT2D eigenvalue weighted by molar-refractivity contribution is 7.99. The molecule has 0 saturated heterocycles. The van der Waals surface area contributed by atoms with E-state index in [2.05, 4.69) is 0 Å². The summed E-state index contributed by atoms with van der Waals surface area (Å²) in [4.78, 5) is 11.9. The van der Waals surface area contributed by atoms with Crippen LogP contribution < -0.4 is 0 Å². The first-order valence-electron chi connectivity index (χ1n) is 4.87. The zero-order chi connectivity index (χ0) is 12.0. The molecule has 0 bridgehead atoms.